The molecule has 0 unspecified atom stereocenters. The van der Waals surface area contributed by atoms with Gasteiger partial charge in [0.15, 0.2) is 0 Å². The number of hydrogen-bond acceptors (Lipinski definition) is 5. The van der Waals surface area contributed by atoms with Gasteiger partial charge in [0.05, 0.1) is 6.54 Å². The maximum atomic E-state index is 13.0. The third-order valence-corrected chi connectivity index (χ3v) is 5.18. The minimum absolute atomic E-state index is 0.0122. The van der Waals surface area contributed by atoms with Crippen molar-refractivity contribution in [2.24, 2.45) is 0 Å². The van der Waals surface area contributed by atoms with Crippen LogP contribution in [0.25, 0.3) is 11.1 Å². The lowest BCUT2D eigenvalue weighted by Crippen LogP contribution is -2.38. The molecule has 0 saturated carbocycles. The van der Waals surface area contributed by atoms with E-state index in [1.165, 1.54) is 24.5 Å². The van der Waals surface area contributed by atoms with Gasteiger partial charge in [-0.1, -0.05) is 48.5 Å². The highest BCUT2D eigenvalue weighted by atomic mass is 19.4. The van der Waals surface area contributed by atoms with Crippen molar-refractivity contribution in [2.45, 2.75) is 19.5 Å². The van der Waals surface area contributed by atoms with Crippen LogP contribution in [0.2, 0.25) is 0 Å². The average molecular weight is 496 g/mol. The summed E-state index contributed by atoms with van der Waals surface area (Å²) in [5.74, 6) is -1.35. The van der Waals surface area contributed by atoms with E-state index in [1.54, 1.807) is 48.5 Å². The Kier molecular flexibility index (Phi) is 7.00. The Morgan fingerprint density at radius 3 is 2.44 bits per heavy atom. The molecule has 0 radical (unpaired) electrons. The van der Waals surface area contributed by atoms with Gasteiger partial charge in [0.2, 0.25) is 0 Å². The summed E-state index contributed by atoms with van der Waals surface area (Å²) >= 11 is 0. The SMILES string of the molecule is O=C(NCc1ccc(-c2cccnc2)cc1OC(F)(F)F)c1cc(=O)n(Cc2ccccc2)c(=O)[nH]1. The number of halogens is 3. The number of rotatable bonds is 7. The number of pyridine rings is 1. The molecule has 2 aromatic carbocycles. The summed E-state index contributed by atoms with van der Waals surface area (Å²) in [5, 5.41) is 2.41. The van der Waals surface area contributed by atoms with Crippen LogP contribution in [0, 0.1) is 0 Å². The fraction of sp³-hybridized carbons (Fsp3) is 0.120. The van der Waals surface area contributed by atoms with Crippen molar-refractivity contribution in [2.75, 3.05) is 0 Å². The van der Waals surface area contributed by atoms with Crippen LogP contribution >= 0.6 is 0 Å². The number of H-pyrrole nitrogens is 1. The molecule has 36 heavy (non-hydrogen) atoms. The maximum Gasteiger partial charge on any atom is 0.573 e. The molecule has 2 N–H and O–H groups in total. The normalized spacial score (nSPS) is 11.2. The van der Waals surface area contributed by atoms with Gasteiger partial charge < -0.3 is 15.0 Å². The van der Waals surface area contributed by atoms with E-state index in [0.29, 0.717) is 16.7 Å². The van der Waals surface area contributed by atoms with Gasteiger partial charge in [0, 0.05) is 36.1 Å². The molecule has 0 spiro atoms. The zero-order valence-electron chi connectivity index (χ0n) is 18.6. The molecule has 184 valence electrons. The first kappa shape index (κ1) is 24.5. The van der Waals surface area contributed by atoms with Gasteiger partial charge in [-0.3, -0.25) is 19.1 Å². The Morgan fingerprint density at radius 2 is 1.78 bits per heavy atom. The summed E-state index contributed by atoms with van der Waals surface area (Å²) in [6, 6.07) is 17.2. The lowest BCUT2D eigenvalue weighted by molar-refractivity contribution is -0.274. The average Bonchev–Trinajstić information content (AvgIpc) is 2.85. The van der Waals surface area contributed by atoms with Gasteiger partial charge in [-0.25, -0.2) is 4.79 Å². The van der Waals surface area contributed by atoms with E-state index in [9.17, 15) is 27.6 Å². The molecular formula is C25H19F3N4O4. The van der Waals surface area contributed by atoms with Crippen LogP contribution < -0.4 is 21.3 Å². The van der Waals surface area contributed by atoms with E-state index in [-0.39, 0.29) is 24.3 Å². The summed E-state index contributed by atoms with van der Waals surface area (Å²) in [6.07, 6.45) is -1.93. The van der Waals surface area contributed by atoms with Crippen molar-refractivity contribution in [3.8, 4) is 16.9 Å². The number of carbonyl (C=O) groups excluding carboxylic acids is 1. The molecule has 2 aromatic heterocycles. The van der Waals surface area contributed by atoms with E-state index in [1.807, 2.05) is 0 Å². The molecular weight excluding hydrogens is 477 g/mol. The smallest absolute Gasteiger partial charge is 0.405 e. The van der Waals surface area contributed by atoms with E-state index in [4.69, 9.17) is 0 Å². The van der Waals surface area contributed by atoms with Crippen molar-refractivity contribution in [3.05, 3.63) is 117 Å². The summed E-state index contributed by atoms with van der Waals surface area (Å²) in [7, 11) is 0. The molecule has 0 saturated heterocycles. The lowest BCUT2D eigenvalue weighted by atomic mass is 10.0. The second-order valence-electron chi connectivity index (χ2n) is 7.69. The van der Waals surface area contributed by atoms with Crippen LogP contribution in [0.15, 0.2) is 88.7 Å². The molecule has 4 rings (SSSR count). The predicted molar refractivity (Wildman–Crippen MR) is 124 cm³/mol. The largest absolute Gasteiger partial charge is 0.573 e. The fourth-order valence-electron chi connectivity index (χ4n) is 3.46. The minimum Gasteiger partial charge on any atom is -0.405 e. The molecule has 0 aliphatic heterocycles. The Morgan fingerprint density at radius 1 is 1.00 bits per heavy atom. The third kappa shape index (κ3) is 6.06. The van der Waals surface area contributed by atoms with Crippen LogP contribution in [0.3, 0.4) is 0 Å². The van der Waals surface area contributed by atoms with Crippen LogP contribution in [-0.2, 0) is 13.1 Å². The number of nitrogens with one attached hydrogen (secondary N) is 2. The zero-order chi connectivity index (χ0) is 25.7. The van der Waals surface area contributed by atoms with Gasteiger partial charge in [-0.15, -0.1) is 13.2 Å². The highest BCUT2D eigenvalue weighted by molar-refractivity contribution is 5.92. The number of carbonyl (C=O) groups is 1. The molecule has 0 aliphatic carbocycles. The lowest BCUT2D eigenvalue weighted by Gasteiger charge is -2.15. The molecule has 1 amide bonds. The number of amides is 1. The number of hydrogen-bond donors (Lipinski definition) is 2. The van der Waals surface area contributed by atoms with Crippen molar-refractivity contribution >= 4 is 5.91 Å². The van der Waals surface area contributed by atoms with E-state index in [0.717, 1.165) is 10.6 Å². The van der Waals surface area contributed by atoms with Crippen molar-refractivity contribution in [1.29, 1.82) is 0 Å². The number of nitrogens with zero attached hydrogens (tertiary/aromatic N) is 2. The molecule has 0 atom stereocenters. The number of aromatic amines is 1. The second-order valence-corrected chi connectivity index (χ2v) is 7.69. The zero-order valence-corrected chi connectivity index (χ0v) is 18.6. The van der Waals surface area contributed by atoms with Crippen molar-refractivity contribution in [1.82, 2.24) is 19.9 Å². The predicted octanol–water partition coefficient (Wildman–Crippen LogP) is 3.48. The summed E-state index contributed by atoms with van der Waals surface area (Å²) in [6.45, 7) is -0.342. The third-order valence-electron chi connectivity index (χ3n) is 5.18. The number of aromatic nitrogens is 3. The van der Waals surface area contributed by atoms with E-state index in [2.05, 4.69) is 20.0 Å². The highest BCUT2D eigenvalue weighted by Gasteiger charge is 2.32. The van der Waals surface area contributed by atoms with Crippen LogP contribution in [0.5, 0.6) is 5.75 Å². The van der Waals surface area contributed by atoms with Gasteiger partial charge in [0.25, 0.3) is 11.5 Å². The second kappa shape index (κ2) is 10.3. The van der Waals surface area contributed by atoms with Crippen LogP contribution in [-0.4, -0.2) is 26.8 Å². The monoisotopic (exact) mass is 496 g/mol. The highest BCUT2D eigenvalue weighted by Crippen LogP contribution is 2.31. The number of ether oxygens (including phenoxy) is 1. The molecule has 4 aromatic rings. The quantitative estimate of drug-likeness (QED) is 0.408. The molecule has 11 heteroatoms. The Bertz CT molecular complexity index is 1450. The van der Waals surface area contributed by atoms with E-state index >= 15 is 0 Å². The van der Waals surface area contributed by atoms with Crippen molar-refractivity contribution in [3.63, 3.8) is 0 Å². The minimum atomic E-state index is -4.96. The topological polar surface area (TPSA) is 106 Å². The molecule has 8 nitrogen and oxygen atoms in total. The summed E-state index contributed by atoms with van der Waals surface area (Å²) in [4.78, 5) is 43.7. The first-order valence-corrected chi connectivity index (χ1v) is 10.6. The first-order valence-electron chi connectivity index (χ1n) is 10.6. The molecule has 2 heterocycles. The standard InChI is InChI=1S/C25H19F3N4O4/c26-25(27,28)36-21-11-17(18-7-4-10-29-13-18)8-9-19(21)14-30-23(34)20-12-22(33)32(24(35)31-20)15-16-5-2-1-3-6-16/h1-13H,14-15H2,(H,30,34)(H,31,35). The molecule has 0 bridgehead atoms. The van der Waals surface area contributed by atoms with E-state index < -0.39 is 29.3 Å². The molecule has 0 fully saturated rings. The van der Waals surface area contributed by atoms with Gasteiger partial charge in [0.1, 0.15) is 11.4 Å². The maximum absolute atomic E-state index is 13.0. The summed E-state index contributed by atoms with van der Waals surface area (Å²) < 4.78 is 44.1. The van der Waals surface area contributed by atoms with Crippen LogP contribution in [0.1, 0.15) is 21.6 Å². The Hall–Kier alpha value is -4.67. The van der Waals surface area contributed by atoms with Crippen molar-refractivity contribution < 1.29 is 22.7 Å². The van der Waals surface area contributed by atoms with Gasteiger partial charge in [-0.05, 0) is 23.3 Å². The first-order chi connectivity index (χ1) is 17.2. The molecule has 0 aliphatic rings. The van der Waals surface area contributed by atoms with Crippen LogP contribution in [0.4, 0.5) is 13.2 Å². The number of alkyl halides is 3. The number of benzene rings is 2. The Balaban J connectivity index is 1.53. The Labute approximate surface area is 202 Å². The summed E-state index contributed by atoms with van der Waals surface area (Å²) in [5.41, 5.74) is -0.0486. The van der Waals surface area contributed by atoms with Gasteiger partial charge >= 0.3 is 12.1 Å². The van der Waals surface area contributed by atoms with Gasteiger partial charge in [-0.2, -0.15) is 0 Å². The fourth-order valence-corrected chi connectivity index (χ4v) is 3.46.